The molecular weight excluding hydrogens is 220 g/mol. The Morgan fingerprint density at radius 1 is 1.44 bits per heavy atom. The van der Waals surface area contributed by atoms with E-state index in [0.717, 1.165) is 30.6 Å². The van der Waals surface area contributed by atoms with Crippen LogP contribution < -0.4 is 0 Å². The predicted molar refractivity (Wildman–Crippen MR) is 65.6 cm³/mol. The number of rotatable bonds is 4. The van der Waals surface area contributed by atoms with Gasteiger partial charge in [-0.3, -0.25) is 4.79 Å². The quantitative estimate of drug-likeness (QED) is 0.875. The van der Waals surface area contributed by atoms with E-state index in [1.54, 1.807) is 11.3 Å². The Bertz CT molecular complexity index is 326. The summed E-state index contributed by atoms with van der Waals surface area (Å²) >= 11 is 1.58. The van der Waals surface area contributed by atoms with Crippen molar-refractivity contribution < 1.29 is 9.90 Å². The molecule has 3 heteroatoms. The molecule has 1 aliphatic carbocycles. The van der Waals surface area contributed by atoms with Crippen molar-refractivity contribution in [1.82, 2.24) is 0 Å². The summed E-state index contributed by atoms with van der Waals surface area (Å²) in [4.78, 5) is 12.9. The SMILES string of the molecule is O=C(Cc1cccs1)C(O)C1CCCCC1. The van der Waals surface area contributed by atoms with Gasteiger partial charge in [-0.15, -0.1) is 11.3 Å². The number of aliphatic hydroxyl groups is 1. The van der Waals surface area contributed by atoms with Crippen LogP contribution in [0.25, 0.3) is 0 Å². The third-order valence-electron chi connectivity index (χ3n) is 3.35. The number of carbonyl (C=O) groups is 1. The Kier molecular flexibility index (Phi) is 4.13. The van der Waals surface area contributed by atoms with Gasteiger partial charge in [-0.1, -0.05) is 25.3 Å². The topological polar surface area (TPSA) is 37.3 Å². The molecule has 1 aromatic rings. The molecule has 1 N–H and O–H groups in total. The molecule has 0 radical (unpaired) electrons. The van der Waals surface area contributed by atoms with E-state index in [0.29, 0.717) is 6.42 Å². The van der Waals surface area contributed by atoms with Gasteiger partial charge in [0.15, 0.2) is 5.78 Å². The van der Waals surface area contributed by atoms with E-state index in [4.69, 9.17) is 0 Å². The standard InChI is InChI=1S/C13H18O2S/c14-12(9-11-7-4-8-16-11)13(15)10-5-2-1-3-6-10/h4,7-8,10,13,15H,1-3,5-6,9H2. The Hall–Kier alpha value is -0.670. The molecule has 1 atom stereocenters. The zero-order valence-corrected chi connectivity index (χ0v) is 10.2. The van der Waals surface area contributed by atoms with Crippen LogP contribution in [0.5, 0.6) is 0 Å². The molecule has 0 spiro atoms. The largest absolute Gasteiger partial charge is 0.385 e. The van der Waals surface area contributed by atoms with Crippen LogP contribution in [0.1, 0.15) is 37.0 Å². The number of carbonyl (C=O) groups excluding carboxylic acids is 1. The van der Waals surface area contributed by atoms with Crippen molar-refractivity contribution in [2.75, 3.05) is 0 Å². The van der Waals surface area contributed by atoms with Crippen LogP contribution in [0.2, 0.25) is 0 Å². The van der Waals surface area contributed by atoms with E-state index in [1.165, 1.54) is 6.42 Å². The molecule has 0 saturated heterocycles. The molecule has 88 valence electrons. The highest BCUT2D eigenvalue weighted by molar-refractivity contribution is 7.10. The van der Waals surface area contributed by atoms with Crippen molar-refractivity contribution in [3.05, 3.63) is 22.4 Å². The number of aliphatic hydroxyl groups excluding tert-OH is 1. The Balaban J connectivity index is 1.88. The van der Waals surface area contributed by atoms with Crippen molar-refractivity contribution in [2.45, 2.75) is 44.6 Å². The number of thiophene rings is 1. The molecule has 0 amide bonds. The Labute approximate surface area is 100 Å². The second-order valence-corrected chi connectivity index (χ2v) is 5.60. The second kappa shape index (κ2) is 5.60. The third kappa shape index (κ3) is 2.92. The van der Waals surface area contributed by atoms with Gasteiger partial charge >= 0.3 is 0 Å². The average Bonchev–Trinajstić information content (AvgIpc) is 2.82. The Morgan fingerprint density at radius 3 is 2.81 bits per heavy atom. The highest BCUT2D eigenvalue weighted by atomic mass is 32.1. The summed E-state index contributed by atoms with van der Waals surface area (Å²) in [5, 5.41) is 12.0. The monoisotopic (exact) mass is 238 g/mol. The van der Waals surface area contributed by atoms with Crippen LogP contribution in [-0.4, -0.2) is 17.0 Å². The maximum Gasteiger partial charge on any atom is 0.166 e. The highest BCUT2D eigenvalue weighted by Gasteiger charge is 2.27. The molecule has 1 heterocycles. The first-order valence-corrected chi connectivity index (χ1v) is 6.88. The molecule has 1 unspecified atom stereocenters. The van der Waals surface area contributed by atoms with E-state index in [1.807, 2.05) is 17.5 Å². The van der Waals surface area contributed by atoms with E-state index in [9.17, 15) is 9.90 Å². The minimum atomic E-state index is -0.734. The van der Waals surface area contributed by atoms with Crippen molar-refractivity contribution in [2.24, 2.45) is 5.92 Å². The first-order chi connectivity index (χ1) is 7.77. The average molecular weight is 238 g/mol. The summed E-state index contributed by atoms with van der Waals surface area (Å²) < 4.78 is 0. The summed E-state index contributed by atoms with van der Waals surface area (Å²) in [6, 6.07) is 3.90. The minimum Gasteiger partial charge on any atom is -0.385 e. The van der Waals surface area contributed by atoms with Gasteiger partial charge in [0.05, 0.1) is 0 Å². The molecular formula is C13H18O2S. The lowest BCUT2D eigenvalue weighted by Gasteiger charge is -2.25. The van der Waals surface area contributed by atoms with Crippen LogP contribution in [0.15, 0.2) is 17.5 Å². The minimum absolute atomic E-state index is 0.00523. The molecule has 1 aromatic heterocycles. The van der Waals surface area contributed by atoms with Crippen LogP contribution in [0, 0.1) is 5.92 Å². The first kappa shape index (κ1) is 11.8. The van der Waals surface area contributed by atoms with Crippen LogP contribution >= 0.6 is 11.3 Å². The molecule has 2 rings (SSSR count). The lowest BCUT2D eigenvalue weighted by molar-refractivity contribution is -0.129. The van der Waals surface area contributed by atoms with Crippen LogP contribution in [0.4, 0.5) is 0 Å². The molecule has 1 aliphatic rings. The molecule has 0 bridgehead atoms. The van der Waals surface area contributed by atoms with Crippen LogP contribution in [-0.2, 0) is 11.2 Å². The normalized spacial score (nSPS) is 19.6. The Morgan fingerprint density at radius 2 is 2.19 bits per heavy atom. The molecule has 0 aliphatic heterocycles. The summed E-state index contributed by atoms with van der Waals surface area (Å²) in [5.41, 5.74) is 0. The summed E-state index contributed by atoms with van der Waals surface area (Å²) in [6.45, 7) is 0. The molecule has 1 fully saturated rings. The van der Waals surface area contributed by atoms with Gasteiger partial charge in [-0.25, -0.2) is 0 Å². The number of Topliss-reactive ketones (excluding diaryl/α,β-unsaturated/α-hetero) is 1. The zero-order chi connectivity index (χ0) is 11.4. The first-order valence-electron chi connectivity index (χ1n) is 6.00. The fourth-order valence-corrected chi connectivity index (χ4v) is 3.12. The van der Waals surface area contributed by atoms with Crippen molar-refractivity contribution in [1.29, 1.82) is 0 Å². The number of hydrogen-bond donors (Lipinski definition) is 1. The van der Waals surface area contributed by atoms with Crippen molar-refractivity contribution >= 4 is 17.1 Å². The van der Waals surface area contributed by atoms with E-state index >= 15 is 0 Å². The summed E-state index contributed by atoms with van der Waals surface area (Å²) in [5.74, 6) is 0.204. The van der Waals surface area contributed by atoms with Gasteiger partial charge in [-0.05, 0) is 30.2 Å². The van der Waals surface area contributed by atoms with Gasteiger partial charge in [0, 0.05) is 11.3 Å². The van der Waals surface area contributed by atoms with Gasteiger partial charge < -0.3 is 5.11 Å². The second-order valence-electron chi connectivity index (χ2n) is 4.57. The summed E-state index contributed by atoms with van der Waals surface area (Å²) in [6.07, 6.45) is 5.26. The number of hydrogen-bond acceptors (Lipinski definition) is 3. The van der Waals surface area contributed by atoms with E-state index in [2.05, 4.69) is 0 Å². The molecule has 16 heavy (non-hydrogen) atoms. The lowest BCUT2D eigenvalue weighted by Crippen LogP contribution is -2.32. The van der Waals surface area contributed by atoms with Gasteiger partial charge in [-0.2, -0.15) is 0 Å². The highest BCUT2D eigenvalue weighted by Crippen LogP contribution is 2.27. The van der Waals surface area contributed by atoms with Gasteiger partial charge in [0.1, 0.15) is 6.10 Å². The fraction of sp³-hybridized carbons (Fsp3) is 0.615. The smallest absolute Gasteiger partial charge is 0.166 e. The maximum absolute atomic E-state index is 11.9. The molecule has 2 nitrogen and oxygen atoms in total. The summed E-state index contributed by atoms with van der Waals surface area (Å²) in [7, 11) is 0. The zero-order valence-electron chi connectivity index (χ0n) is 9.39. The van der Waals surface area contributed by atoms with Gasteiger partial charge in [0.2, 0.25) is 0 Å². The van der Waals surface area contributed by atoms with Gasteiger partial charge in [0.25, 0.3) is 0 Å². The molecule has 0 aromatic carbocycles. The third-order valence-corrected chi connectivity index (χ3v) is 4.23. The van der Waals surface area contributed by atoms with E-state index < -0.39 is 6.10 Å². The van der Waals surface area contributed by atoms with Crippen LogP contribution in [0.3, 0.4) is 0 Å². The predicted octanol–water partition coefficient (Wildman–Crippen LogP) is 2.80. The van der Waals surface area contributed by atoms with Crippen molar-refractivity contribution in [3.8, 4) is 0 Å². The van der Waals surface area contributed by atoms with E-state index in [-0.39, 0.29) is 11.7 Å². The van der Waals surface area contributed by atoms with Crippen molar-refractivity contribution in [3.63, 3.8) is 0 Å². The molecule has 1 saturated carbocycles. The fourth-order valence-electron chi connectivity index (χ4n) is 2.40. The number of ketones is 1. The maximum atomic E-state index is 11.9. The lowest BCUT2D eigenvalue weighted by atomic mass is 9.83.